The molecule has 22 heavy (non-hydrogen) atoms. The molecule has 0 saturated heterocycles. The van der Waals surface area contributed by atoms with Crippen LogP contribution in [0.3, 0.4) is 0 Å². The molecule has 1 aliphatic rings. The Bertz CT molecular complexity index is 560. The second-order valence-corrected chi connectivity index (χ2v) is 5.12. The minimum absolute atomic E-state index is 0.0472. The Morgan fingerprint density at radius 2 is 1.91 bits per heavy atom. The van der Waals surface area contributed by atoms with Crippen molar-refractivity contribution in [2.45, 2.75) is 32.1 Å². The van der Waals surface area contributed by atoms with Gasteiger partial charge in [0.05, 0.1) is 13.0 Å². The second-order valence-electron chi connectivity index (χ2n) is 5.12. The number of esters is 2. The summed E-state index contributed by atoms with van der Waals surface area (Å²) >= 11 is 0. The molecule has 118 valence electrons. The fraction of sp³-hybridized carbons (Fsp3) is 0.438. The largest absolute Gasteiger partial charge is 0.465 e. The standard InChI is InChI=1S/C16H18O6/c1-20-16(19)13-9-12(21-10-17)7-8-14(13)22-15(18)11-5-3-2-4-6-11/h7-11H,2-6H2,1H3. The highest BCUT2D eigenvalue weighted by Gasteiger charge is 2.25. The van der Waals surface area contributed by atoms with Crippen LogP contribution in [0.1, 0.15) is 42.5 Å². The molecule has 6 nitrogen and oxygen atoms in total. The number of hydrogen-bond acceptors (Lipinski definition) is 6. The SMILES string of the molecule is COC(=O)c1cc(OC=O)ccc1OC(=O)C1CCCCC1. The van der Waals surface area contributed by atoms with Gasteiger partial charge in [0.15, 0.2) is 0 Å². The monoisotopic (exact) mass is 306 g/mol. The van der Waals surface area contributed by atoms with E-state index < -0.39 is 5.97 Å². The Morgan fingerprint density at radius 3 is 2.55 bits per heavy atom. The highest BCUT2D eigenvalue weighted by Crippen LogP contribution is 2.29. The Morgan fingerprint density at radius 1 is 1.18 bits per heavy atom. The topological polar surface area (TPSA) is 78.9 Å². The molecule has 0 aliphatic heterocycles. The molecule has 0 N–H and O–H groups in total. The molecule has 0 spiro atoms. The van der Waals surface area contributed by atoms with E-state index in [1.807, 2.05) is 0 Å². The molecule has 1 fully saturated rings. The van der Waals surface area contributed by atoms with Crippen LogP contribution in [0, 0.1) is 5.92 Å². The molecule has 2 rings (SSSR count). The van der Waals surface area contributed by atoms with Crippen LogP contribution in [0.15, 0.2) is 18.2 Å². The van der Waals surface area contributed by atoms with Crippen molar-refractivity contribution in [2.75, 3.05) is 7.11 Å². The van der Waals surface area contributed by atoms with E-state index >= 15 is 0 Å². The van der Waals surface area contributed by atoms with Gasteiger partial charge in [-0.1, -0.05) is 19.3 Å². The maximum absolute atomic E-state index is 12.2. The molecule has 0 heterocycles. The number of methoxy groups -OCH3 is 1. The maximum atomic E-state index is 12.2. The number of hydrogen-bond donors (Lipinski definition) is 0. The van der Waals surface area contributed by atoms with Gasteiger partial charge in [-0.05, 0) is 31.0 Å². The molecule has 0 aromatic heterocycles. The summed E-state index contributed by atoms with van der Waals surface area (Å²) in [6.45, 7) is 0.254. The van der Waals surface area contributed by atoms with Crippen LogP contribution in [-0.4, -0.2) is 25.5 Å². The third-order valence-electron chi connectivity index (χ3n) is 3.69. The molecule has 0 atom stereocenters. The molecule has 1 aromatic carbocycles. The van der Waals surface area contributed by atoms with E-state index in [9.17, 15) is 14.4 Å². The maximum Gasteiger partial charge on any atom is 0.341 e. The van der Waals surface area contributed by atoms with Gasteiger partial charge in [-0.2, -0.15) is 0 Å². The summed E-state index contributed by atoms with van der Waals surface area (Å²) in [5.74, 6) is -0.851. The van der Waals surface area contributed by atoms with Crippen molar-refractivity contribution in [2.24, 2.45) is 5.92 Å². The van der Waals surface area contributed by atoms with Crippen molar-refractivity contribution in [1.29, 1.82) is 0 Å². The number of benzene rings is 1. The first-order chi connectivity index (χ1) is 10.7. The average Bonchev–Trinajstić information content (AvgIpc) is 2.56. The first kappa shape index (κ1) is 16.0. The molecular weight excluding hydrogens is 288 g/mol. The third-order valence-corrected chi connectivity index (χ3v) is 3.69. The first-order valence-corrected chi connectivity index (χ1v) is 7.20. The zero-order valence-electron chi connectivity index (χ0n) is 12.4. The zero-order chi connectivity index (χ0) is 15.9. The van der Waals surface area contributed by atoms with Crippen LogP contribution in [-0.2, 0) is 14.3 Å². The lowest BCUT2D eigenvalue weighted by molar-refractivity contribution is -0.140. The fourth-order valence-corrected chi connectivity index (χ4v) is 2.53. The van der Waals surface area contributed by atoms with Crippen LogP contribution in [0.5, 0.6) is 11.5 Å². The Hall–Kier alpha value is -2.37. The summed E-state index contributed by atoms with van der Waals surface area (Å²) in [6, 6.07) is 4.18. The molecule has 1 saturated carbocycles. The van der Waals surface area contributed by atoms with Crippen molar-refractivity contribution in [3.05, 3.63) is 23.8 Å². The predicted octanol–water partition coefficient (Wildman–Crippen LogP) is 2.49. The molecular formula is C16H18O6. The minimum atomic E-state index is -0.664. The van der Waals surface area contributed by atoms with Crippen molar-refractivity contribution < 1.29 is 28.6 Å². The Kier molecular flexibility index (Phi) is 5.52. The van der Waals surface area contributed by atoms with Gasteiger partial charge in [0.1, 0.15) is 17.1 Å². The van der Waals surface area contributed by atoms with Crippen LogP contribution in [0.25, 0.3) is 0 Å². The summed E-state index contributed by atoms with van der Waals surface area (Å²) in [6.07, 6.45) is 4.76. The quantitative estimate of drug-likeness (QED) is 0.472. The second kappa shape index (κ2) is 7.59. The molecule has 0 unspecified atom stereocenters. The van der Waals surface area contributed by atoms with Gasteiger partial charge in [-0.15, -0.1) is 0 Å². The summed E-state index contributed by atoms with van der Waals surface area (Å²) in [7, 11) is 1.22. The fourth-order valence-electron chi connectivity index (χ4n) is 2.53. The van der Waals surface area contributed by atoms with E-state index in [1.165, 1.54) is 25.3 Å². The summed E-state index contributed by atoms with van der Waals surface area (Å²) in [5, 5.41) is 0. The summed E-state index contributed by atoms with van der Waals surface area (Å²) in [5.41, 5.74) is 0.0472. The predicted molar refractivity (Wildman–Crippen MR) is 76.7 cm³/mol. The Labute approximate surface area is 128 Å². The van der Waals surface area contributed by atoms with Gasteiger partial charge in [0.25, 0.3) is 6.47 Å². The van der Waals surface area contributed by atoms with Crippen molar-refractivity contribution in [1.82, 2.24) is 0 Å². The smallest absolute Gasteiger partial charge is 0.341 e. The van der Waals surface area contributed by atoms with E-state index in [4.69, 9.17) is 4.74 Å². The highest BCUT2D eigenvalue weighted by atomic mass is 16.5. The van der Waals surface area contributed by atoms with E-state index in [0.29, 0.717) is 0 Å². The summed E-state index contributed by atoms with van der Waals surface area (Å²) in [4.78, 5) is 34.3. The zero-order valence-corrected chi connectivity index (χ0v) is 12.4. The lowest BCUT2D eigenvalue weighted by atomic mass is 9.89. The number of carbonyl (C=O) groups is 3. The van der Waals surface area contributed by atoms with Gasteiger partial charge in [-0.25, -0.2) is 4.79 Å². The van der Waals surface area contributed by atoms with Crippen molar-refractivity contribution >= 4 is 18.4 Å². The average molecular weight is 306 g/mol. The first-order valence-electron chi connectivity index (χ1n) is 7.20. The van der Waals surface area contributed by atoms with Gasteiger partial charge in [0, 0.05) is 0 Å². The van der Waals surface area contributed by atoms with Crippen LogP contribution in [0.4, 0.5) is 0 Å². The van der Waals surface area contributed by atoms with E-state index in [0.717, 1.165) is 32.1 Å². The third kappa shape index (κ3) is 3.84. The highest BCUT2D eigenvalue weighted by molar-refractivity contribution is 5.94. The number of ether oxygens (including phenoxy) is 3. The molecule has 1 aliphatic carbocycles. The lowest BCUT2D eigenvalue weighted by Crippen LogP contribution is -2.23. The molecule has 1 aromatic rings. The lowest BCUT2D eigenvalue weighted by Gasteiger charge is -2.20. The normalized spacial score (nSPS) is 15.0. The van der Waals surface area contributed by atoms with Crippen LogP contribution in [0.2, 0.25) is 0 Å². The van der Waals surface area contributed by atoms with Crippen molar-refractivity contribution in [3.63, 3.8) is 0 Å². The van der Waals surface area contributed by atoms with E-state index in [2.05, 4.69) is 9.47 Å². The van der Waals surface area contributed by atoms with Crippen LogP contribution >= 0.6 is 0 Å². The van der Waals surface area contributed by atoms with Gasteiger partial charge in [-0.3, -0.25) is 9.59 Å². The molecule has 0 radical (unpaired) electrons. The van der Waals surface area contributed by atoms with Crippen molar-refractivity contribution in [3.8, 4) is 11.5 Å². The minimum Gasteiger partial charge on any atom is -0.465 e. The summed E-state index contributed by atoms with van der Waals surface area (Å²) < 4.78 is 14.7. The molecule has 0 bridgehead atoms. The Balaban J connectivity index is 2.19. The number of rotatable bonds is 5. The van der Waals surface area contributed by atoms with Gasteiger partial charge >= 0.3 is 11.9 Å². The molecule has 6 heteroatoms. The van der Waals surface area contributed by atoms with E-state index in [-0.39, 0.29) is 35.4 Å². The van der Waals surface area contributed by atoms with Crippen LogP contribution < -0.4 is 9.47 Å². The molecule has 0 amide bonds. The van der Waals surface area contributed by atoms with Gasteiger partial charge < -0.3 is 14.2 Å². The van der Waals surface area contributed by atoms with E-state index in [1.54, 1.807) is 0 Å². The number of carbonyl (C=O) groups excluding carboxylic acids is 3. The van der Waals surface area contributed by atoms with Gasteiger partial charge in [0.2, 0.25) is 0 Å².